The van der Waals surface area contributed by atoms with Crippen molar-refractivity contribution < 1.29 is 4.79 Å². The summed E-state index contributed by atoms with van der Waals surface area (Å²) >= 11 is 3.44. The smallest absolute Gasteiger partial charge is 0.185 e. The number of halogens is 2. The lowest BCUT2D eigenvalue weighted by Crippen LogP contribution is -2.08. The highest BCUT2D eigenvalue weighted by atomic mass is 79.9. The van der Waals surface area contributed by atoms with Crippen LogP contribution in [0.4, 0.5) is 5.69 Å². The van der Waals surface area contributed by atoms with Crippen molar-refractivity contribution in [3.63, 3.8) is 0 Å². The number of carbonyl (C=O) groups excluding carboxylic acids is 1. The summed E-state index contributed by atoms with van der Waals surface area (Å²) in [5, 5.41) is 0. The van der Waals surface area contributed by atoms with Crippen LogP contribution in [-0.4, -0.2) is 19.9 Å². The van der Waals surface area contributed by atoms with Crippen molar-refractivity contribution in [3.05, 3.63) is 76.3 Å². The minimum Gasteiger partial charge on any atom is -0.378 e. The largest absolute Gasteiger partial charge is 0.378 e. The van der Waals surface area contributed by atoms with E-state index in [0.29, 0.717) is 5.56 Å². The van der Waals surface area contributed by atoms with Gasteiger partial charge in [0.25, 0.3) is 0 Å². The molecular weight excluding hydrogens is 362 g/mol. The Morgan fingerprint density at radius 1 is 1.14 bits per heavy atom. The van der Waals surface area contributed by atoms with Crippen LogP contribution in [0.2, 0.25) is 0 Å². The van der Waals surface area contributed by atoms with Crippen LogP contribution in [0, 0.1) is 0 Å². The summed E-state index contributed by atoms with van der Waals surface area (Å²) in [5.74, 6) is 0.0373. The van der Waals surface area contributed by atoms with Crippen molar-refractivity contribution in [3.8, 4) is 0 Å². The number of ketones is 1. The lowest BCUT2D eigenvalue weighted by atomic mass is 10.1. The highest BCUT2D eigenvalue weighted by molar-refractivity contribution is 9.10. The molecule has 0 spiro atoms. The number of carbonyl (C=O) groups is 1. The molecule has 0 amide bonds. The predicted octanol–water partition coefficient (Wildman–Crippen LogP) is 4.92. The standard InChI is InChI=1S/C18H18BrNO.ClH/c1-20(2)17-11-9-15(10-12-17)18(21)8-4-6-14-5-3-7-16(19)13-14;/h3-5,7-13H,6H2,1-2H3;1H. The zero-order valence-corrected chi connectivity index (χ0v) is 15.0. The van der Waals surface area contributed by atoms with Gasteiger partial charge in [-0.3, -0.25) is 4.79 Å². The van der Waals surface area contributed by atoms with Gasteiger partial charge in [-0.25, -0.2) is 0 Å². The fourth-order valence-corrected chi connectivity index (χ4v) is 2.43. The number of anilines is 1. The molecule has 0 saturated heterocycles. The molecule has 0 radical (unpaired) electrons. The third kappa shape index (κ3) is 5.32. The molecule has 0 unspecified atom stereocenters. The quantitative estimate of drug-likeness (QED) is 0.542. The van der Waals surface area contributed by atoms with E-state index in [2.05, 4.69) is 22.0 Å². The van der Waals surface area contributed by atoms with Gasteiger partial charge in [0, 0.05) is 29.8 Å². The van der Waals surface area contributed by atoms with Crippen molar-refractivity contribution in [1.29, 1.82) is 0 Å². The fraction of sp³-hybridized carbons (Fsp3) is 0.167. The second-order valence-corrected chi connectivity index (χ2v) is 5.96. The average Bonchev–Trinajstić information content (AvgIpc) is 2.47. The van der Waals surface area contributed by atoms with Crippen LogP contribution in [0.1, 0.15) is 15.9 Å². The molecule has 0 aliphatic rings. The van der Waals surface area contributed by atoms with Gasteiger partial charge < -0.3 is 4.90 Å². The van der Waals surface area contributed by atoms with E-state index in [1.165, 1.54) is 5.56 Å². The van der Waals surface area contributed by atoms with Crippen LogP contribution >= 0.6 is 28.3 Å². The number of hydrogen-bond donors (Lipinski definition) is 0. The Morgan fingerprint density at radius 2 is 1.82 bits per heavy atom. The molecular formula is C18H19BrClNO. The summed E-state index contributed by atoms with van der Waals surface area (Å²) in [4.78, 5) is 14.1. The normalized spacial score (nSPS) is 10.3. The molecule has 22 heavy (non-hydrogen) atoms. The molecule has 2 rings (SSSR count). The molecule has 0 heterocycles. The van der Waals surface area contributed by atoms with E-state index in [4.69, 9.17) is 0 Å². The Balaban J connectivity index is 0.00000242. The summed E-state index contributed by atoms with van der Waals surface area (Å²) in [5.41, 5.74) is 2.98. The summed E-state index contributed by atoms with van der Waals surface area (Å²) in [6.45, 7) is 0. The molecule has 2 aromatic carbocycles. The molecule has 0 fully saturated rings. The van der Waals surface area contributed by atoms with Gasteiger partial charge in [0.05, 0.1) is 0 Å². The van der Waals surface area contributed by atoms with Crippen LogP contribution in [-0.2, 0) is 6.42 Å². The van der Waals surface area contributed by atoms with E-state index in [9.17, 15) is 4.79 Å². The Labute approximate surface area is 146 Å². The van der Waals surface area contributed by atoms with Gasteiger partial charge in [-0.1, -0.05) is 34.1 Å². The zero-order chi connectivity index (χ0) is 15.2. The maximum Gasteiger partial charge on any atom is 0.185 e. The zero-order valence-electron chi connectivity index (χ0n) is 12.6. The van der Waals surface area contributed by atoms with E-state index >= 15 is 0 Å². The average molecular weight is 381 g/mol. The second-order valence-electron chi connectivity index (χ2n) is 5.04. The fourth-order valence-electron chi connectivity index (χ4n) is 1.99. The van der Waals surface area contributed by atoms with E-state index < -0.39 is 0 Å². The van der Waals surface area contributed by atoms with E-state index in [-0.39, 0.29) is 18.2 Å². The van der Waals surface area contributed by atoms with Gasteiger partial charge in [-0.15, -0.1) is 12.4 Å². The SMILES string of the molecule is CN(C)c1ccc(C(=O)C=CCc2cccc(Br)c2)cc1.Cl. The summed E-state index contributed by atoms with van der Waals surface area (Å²) in [6.07, 6.45) is 4.30. The van der Waals surface area contributed by atoms with Gasteiger partial charge in [-0.05, 0) is 54.5 Å². The lowest BCUT2D eigenvalue weighted by Gasteiger charge is -2.11. The number of hydrogen-bond acceptors (Lipinski definition) is 2. The van der Waals surface area contributed by atoms with Crippen molar-refractivity contribution in [1.82, 2.24) is 0 Å². The maximum atomic E-state index is 12.1. The topological polar surface area (TPSA) is 20.3 Å². The minimum atomic E-state index is 0. The van der Waals surface area contributed by atoms with E-state index in [1.54, 1.807) is 6.08 Å². The third-order valence-electron chi connectivity index (χ3n) is 3.18. The van der Waals surface area contributed by atoms with E-state index in [0.717, 1.165) is 16.6 Å². The van der Waals surface area contributed by atoms with Crippen molar-refractivity contribution in [2.24, 2.45) is 0 Å². The molecule has 0 N–H and O–H groups in total. The highest BCUT2D eigenvalue weighted by Crippen LogP contribution is 2.14. The van der Waals surface area contributed by atoms with Gasteiger partial charge in [0.15, 0.2) is 5.78 Å². The number of allylic oxidation sites excluding steroid dienone is 2. The van der Waals surface area contributed by atoms with Crippen LogP contribution in [0.25, 0.3) is 0 Å². The Hall–Kier alpha value is -1.58. The van der Waals surface area contributed by atoms with Crippen LogP contribution in [0.5, 0.6) is 0 Å². The number of benzene rings is 2. The Bertz CT molecular complexity index is 650. The van der Waals surface area contributed by atoms with Gasteiger partial charge in [-0.2, -0.15) is 0 Å². The molecule has 116 valence electrons. The minimum absolute atomic E-state index is 0. The molecule has 0 aliphatic carbocycles. The number of rotatable bonds is 5. The predicted molar refractivity (Wildman–Crippen MR) is 99.3 cm³/mol. The highest BCUT2D eigenvalue weighted by Gasteiger charge is 2.02. The first-order valence-electron chi connectivity index (χ1n) is 6.79. The van der Waals surface area contributed by atoms with Crippen LogP contribution in [0.3, 0.4) is 0 Å². The monoisotopic (exact) mass is 379 g/mol. The first-order valence-corrected chi connectivity index (χ1v) is 7.58. The van der Waals surface area contributed by atoms with Crippen molar-refractivity contribution in [2.45, 2.75) is 6.42 Å². The van der Waals surface area contributed by atoms with Gasteiger partial charge >= 0.3 is 0 Å². The molecule has 0 aliphatic heterocycles. The molecule has 0 atom stereocenters. The molecule has 4 heteroatoms. The Morgan fingerprint density at radius 3 is 2.41 bits per heavy atom. The summed E-state index contributed by atoms with van der Waals surface area (Å²) in [7, 11) is 3.96. The molecule has 2 aromatic rings. The van der Waals surface area contributed by atoms with Crippen molar-refractivity contribution >= 4 is 39.8 Å². The van der Waals surface area contributed by atoms with Gasteiger partial charge in [0.2, 0.25) is 0 Å². The van der Waals surface area contributed by atoms with Crippen LogP contribution < -0.4 is 4.90 Å². The summed E-state index contributed by atoms with van der Waals surface area (Å²) in [6, 6.07) is 15.7. The lowest BCUT2D eigenvalue weighted by molar-refractivity contribution is 0.104. The maximum absolute atomic E-state index is 12.1. The van der Waals surface area contributed by atoms with E-state index in [1.807, 2.05) is 67.5 Å². The molecule has 2 nitrogen and oxygen atoms in total. The Kier molecular flexibility index (Phi) is 7.36. The molecule has 0 aromatic heterocycles. The summed E-state index contributed by atoms with van der Waals surface area (Å²) < 4.78 is 1.05. The number of nitrogens with zero attached hydrogens (tertiary/aromatic N) is 1. The van der Waals surface area contributed by atoms with Crippen LogP contribution in [0.15, 0.2) is 65.2 Å². The van der Waals surface area contributed by atoms with Gasteiger partial charge in [0.1, 0.15) is 0 Å². The first kappa shape index (κ1) is 18.5. The first-order chi connectivity index (χ1) is 10.1. The third-order valence-corrected chi connectivity index (χ3v) is 3.67. The molecule has 0 bridgehead atoms. The second kappa shape index (κ2) is 8.76. The molecule has 0 saturated carbocycles. The van der Waals surface area contributed by atoms with Crippen molar-refractivity contribution in [2.75, 3.05) is 19.0 Å².